The lowest BCUT2D eigenvalue weighted by Crippen LogP contribution is -2.39. The van der Waals surface area contributed by atoms with E-state index >= 15 is 0 Å². The molecular weight excluding hydrogens is 426 g/mol. The molecule has 6 nitrogen and oxygen atoms in total. The van der Waals surface area contributed by atoms with E-state index in [1.807, 2.05) is 59.5 Å². The lowest BCUT2D eigenvalue weighted by atomic mass is 10.0. The summed E-state index contributed by atoms with van der Waals surface area (Å²) in [7, 11) is 0. The third-order valence-electron chi connectivity index (χ3n) is 5.99. The molecule has 4 rings (SSSR count). The Labute approximate surface area is 200 Å². The SMILES string of the molecule is CC1Oc2ccc(NC(=O)Nc3ccc(C(C)C)cc3)cc2CN(CCc2ccccc2)C1=O. The number of nitrogens with one attached hydrogen (secondary N) is 2. The molecule has 3 aromatic carbocycles. The zero-order valence-corrected chi connectivity index (χ0v) is 19.9. The van der Waals surface area contributed by atoms with Crippen molar-refractivity contribution < 1.29 is 14.3 Å². The van der Waals surface area contributed by atoms with Gasteiger partial charge in [-0.15, -0.1) is 0 Å². The molecule has 0 saturated heterocycles. The molecule has 3 amide bonds. The lowest BCUT2D eigenvalue weighted by Gasteiger charge is -2.22. The van der Waals surface area contributed by atoms with Crippen LogP contribution in [0.2, 0.25) is 0 Å². The van der Waals surface area contributed by atoms with Gasteiger partial charge in [-0.3, -0.25) is 4.79 Å². The number of anilines is 2. The molecule has 34 heavy (non-hydrogen) atoms. The zero-order valence-electron chi connectivity index (χ0n) is 19.9. The van der Waals surface area contributed by atoms with Crippen molar-refractivity contribution in [1.82, 2.24) is 4.90 Å². The minimum Gasteiger partial charge on any atom is -0.481 e. The second-order valence-corrected chi connectivity index (χ2v) is 8.93. The molecule has 0 saturated carbocycles. The number of carbonyl (C=O) groups is 2. The number of rotatable bonds is 6. The fourth-order valence-corrected chi connectivity index (χ4v) is 4.02. The summed E-state index contributed by atoms with van der Waals surface area (Å²) in [6.45, 7) is 7.07. The van der Waals surface area contributed by atoms with Crippen molar-refractivity contribution in [1.29, 1.82) is 0 Å². The number of nitrogens with zero attached hydrogens (tertiary/aromatic N) is 1. The van der Waals surface area contributed by atoms with Crippen LogP contribution < -0.4 is 15.4 Å². The molecule has 176 valence electrons. The van der Waals surface area contributed by atoms with Gasteiger partial charge in [0.25, 0.3) is 5.91 Å². The highest BCUT2D eigenvalue weighted by molar-refractivity contribution is 5.99. The molecule has 0 fully saturated rings. The Bertz CT molecular complexity index is 1140. The van der Waals surface area contributed by atoms with Gasteiger partial charge in [0, 0.05) is 30.0 Å². The predicted octanol–water partition coefficient (Wildman–Crippen LogP) is 5.81. The average Bonchev–Trinajstić information content (AvgIpc) is 2.94. The van der Waals surface area contributed by atoms with E-state index in [-0.39, 0.29) is 11.9 Å². The molecular formula is C28H31N3O3. The lowest BCUT2D eigenvalue weighted by molar-refractivity contribution is -0.137. The second kappa shape index (κ2) is 10.4. The van der Waals surface area contributed by atoms with Gasteiger partial charge in [0.2, 0.25) is 0 Å². The third-order valence-corrected chi connectivity index (χ3v) is 5.99. The molecule has 1 atom stereocenters. The van der Waals surface area contributed by atoms with Crippen LogP contribution in [0.4, 0.5) is 16.2 Å². The highest BCUT2D eigenvalue weighted by Gasteiger charge is 2.27. The molecule has 0 bridgehead atoms. The van der Waals surface area contributed by atoms with E-state index in [0.29, 0.717) is 30.4 Å². The van der Waals surface area contributed by atoms with Crippen LogP contribution in [-0.2, 0) is 17.8 Å². The number of carbonyl (C=O) groups excluding carboxylic acids is 2. The Morgan fingerprint density at radius 2 is 1.68 bits per heavy atom. The Hall–Kier alpha value is -3.80. The first-order valence-corrected chi connectivity index (χ1v) is 11.7. The molecule has 1 heterocycles. The maximum atomic E-state index is 12.9. The molecule has 0 aliphatic carbocycles. The first-order valence-electron chi connectivity index (χ1n) is 11.7. The van der Waals surface area contributed by atoms with Crippen LogP contribution in [-0.4, -0.2) is 29.5 Å². The summed E-state index contributed by atoms with van der Waals surface area (Å²) in [4.78, 5) is 27.3. The second-order valence-electron chi connectivity index (χ2n) is 8.93. The normalized spacial score (nSPS) is 15.4. The molecule has 6 heteroatoms. The van der Waals surface area contributed by atoms with Crippen molar-refractivity contribution in [2.75, 3.05) is 17.2 Å². The quantitative estimate of drug-likeness (QED) is 0.491. The van der Waals surface area contributed by atoms with Gasteiger partial charge in [0.15, 0.2) is 6.10 Å². The first kappa shape index (κ1) is 23.4. The number of fused-ring (bicyclic) bond motifs is 1. The molecule has 0 radical (unpaired) electrons. The largest absolute Gasteiger partial charge is 0.481 e. The highest BCUT2D eigenvalue weighted by atomic mass is 16.5. The van der Waals surface area contributed by atoms with Crippen LogP contribution in [0.1, 0.15) is 43.4 Å². The highest BCUT2D eigenvalue weighted by Crippen LogP contribution is 2.29. The van der Waals surface area contributed by atoms with Gasteiger partial charge >= 0.3 is 6.03 Å². The summed E-state index contributed by atoms with van der Waals surface area (Å²) in [5, 5.41) is 5.75. The third kappa shape index (κ3) is 5.76. The van der Waals surface area contributed by atoms with E-state index in [2.05, 4.69) is 36.6 Å². The summed E-state index contributed by atoms with van der Waals surface area (Å²) in [6, 6.07) is 23.1. The number of amides is 3. The predicted molar refractivity (Wildman–Crippen MR) is 135 cm³/mol. The number of hydrogen-bond acceptors (Lipinski definition) is 3. The zero-order chi connectivity index (χ0) is 24.1. The van der Waals surface area contributed by atoms with Crippen LogP contribution in [0.3, 0.4) is 0 Å². The van der Waals surface area contributed by atoms with Crippen LogP contribution in [0.15, 0.2) is 72.8 Å². The van der Waals surface area contributed by atoms with Gasteiger partial charge in [-0.2, -0.15) is 0 Å². The van der Waals surface area contributed by atoms with Gasteiger partial charge < -0.3 is 20.3 Å². The smallest absolute Gasteiger partial charge is 0.323 e. The average molecular weight is 458 g/mol. The van der Waals surface area contributed by atoms with E-state index in [0.717, 1.165) is 17.7 Å². The van der Waals surface area contributed by atoms with Gasteiger partial charge in [0.05, 0.1) is 0 Å². The molecule has 0 aromatic heterocycles. The molecule has 3 aromatic rings. The number of hydrogen-bond donors (Lipinski definition) is 2. The van der Waals surface area contributed by atoms with E-state index in [1.54, 1.807) is 13.0 Å². The van der Waals surface area contributed by atoms with Gasteiger partial charge in [-0.25, -0.2) is 4.79 Å². The summed E-state index contributed by atoms with van der Waals surface area (Å²) in [6.07, 6.45) is 0.206. The van der Waals surface area contributed by atoms with E-state index in [4.69, 9.17) is 4.74 Å². The molecule has 1 aliphatic rings. The summed E-state index contributed by atoms with van der Waals surface area (Å²) in [5.74, 6) is 1.06. The molecule has 1 unspecified atom stereocenters. The number of benzene rings is 3. The van der Waals surface area contributed by atoms with Crippen LogP contribution in [0.5, 0.6) is 5.75 Å². The van der Waals surface area contributed by atoms with Crippen molar-refractivity contribution in [2.45, 2.75) is 45.8 Å². The summed E-state index contributed by atoms with van der Waals surface area (Å²) < 4.78 is 5.92. The molecule has 2 N–H and O–H groups in total. The standard InChI is InChI=1S/C28H31N3O3/c1-19(2)22-9-11-24(12-10-22)29-28(33)30-25-13-14-26-23(17-25)18-31(27(32)20(3)34-26)16-15-21-7-5-4-6-8-21/h4-14,17,19-20H,15-16,18H2,1-3H3,(H2,29,30,33). The monoisotopic (exact) mass is 457 g/mol. The molecule has 1 aliphatic heterocycles. The van der Waals surface area contributed by atoms with Crippen molar-refractivity contribution in [3.8, 4) is 5.75 Å². The topological polar surface area (TPSA) is 70.7 Å². The van der Waals surface area contributed by atoms with Gasteiger partial charge in [-0.05, 0) is 60.7 Å². The maximum Gasteiger partial charge on any atom is 0.323 e. The van der Waals surface area contributed by atoms with Crippen LogP contribution in [0, 0.1) is 0 Å². The minimum atomic E-state index is -0.562. The molecule has 0 spiro atoms. The maximum absolute atomic E-state index is 12.9. The number of urea groups is 1. The summed E-state index contributed by atoms with van der Waals surface area (Å²) in [5.41, 5.74) is 4.64. The first-order chi connectivity index (χ1) is 16.4. The van der Waals surface area contributed by atoms with E-state index < -0.39 is 6.10 Å². The van der Waals surface area contributed by atoms with E-state index in [9.17, 15) is 9.59 Å². The Balaban J connectivity index is 1.43. The van der Waals surface area contributed by atoms with Crippen molar-refractivity contribution in [3.05, 3.63) is 89.5 Å². The van der Waals surface area contributed by atoms with Gasteiger partial charge in [-0.1, -0.05) is 56.3 Å². The number of ether oxygens (including phenoxy) is 1. The van der Waals surface area contributed by atoms with Crippen LogP contribution in [0.25, 0.3) is 0 Å². The summed E-state index contributed by atoms with van der Waals surface area (Å²) >= 11 is 0. The fourth-order valence-electron chi connectivity index (χ4n) is 4.02. The Morgan fingerprint density at radius 3 is 2.38 bits per heavy atom. The van der Waals surface area contributed by atoms with E-state index in [1.165, 1.54) is 11.1 Å². The van der Waals surface area contributed by atoms with Crippen molar-refractivity contribution in [2.24, 2.45) is 0 Å². The van der Waals surface area contributed by atoms with Crippen LogP contribution >= 0.6 is 0 Å². The van der Waals surface area contributed by atoms with Gasteiger partial charge in [0.1, 0.15) is 5.75 Å². The Kier molecular flexibility index (Phi) is 7.16. The Morgan fingerprint density at radius 1 is 1.00 bits per heavy atom. The fraction of sp³-hybridized carbons (Fsp3) is 0.286. The van der Waals surface area contributed by atoms with Crippen molar-refractivity contribution >= 4 is 23.3 Å². The van der Waals surface area contributed by atoms with Crippen molar-refractivity contribution in [3.63, 3.8) is 0 Å². The minimum absolute atomic E-state index is 0.0378.